The predicted molar refractivity (Wildman–Crippen MR) is 62.2 cm³/mol. The molecule has 0 heterocycles. The molecule has 0 bridgehead atoms. The molecular weight excluding hydrogens is 307 g/mol. The molecule has 1 rings (SSSR count). The number of hydrogen-bond donors (Lipinski definition) is 1. The lowest BCUT2D eigenvalue weighted by Gasteiger charge is -2.07. The molecule has 0 aliphatic rings. The molecule has 19 heavy (non-hydrogen) atoms. The smallest absolute Gasteiger partial charge is 0.348 e. The molecule has 0 radical (unpaired) electrons. The highest BCUT2D eigenvalue weighted by Gasteiger charge is 2.38. The summed E-state index contributed by atoms with van der Waals surface area (Å²) in [5.41, 5.74) is 0.576. The van der Waals surface area contributed by atoms with Crippen molar-refractivity contribution in [3.8, 4) is 0 Å². The molecule has 0 atom stereocenters. The van der Waals surface area contributed by atoms with Gasteiger partial charge in [0.15, 0.2) is 0 Å². The fourth-order valence-electron chi connectivity index (χ4n) is 1.24. The van der Waals surface area contributed by atoms with Crippen molar-refractivity contribution in [2.24, 2.45) is 0 Å². The van der Waals surface area contributed by atoms with E-state index < -0.39 is 21.1 Å². The summed E-state index contributed by atoms with van der Waals surface area (Å²) in [6, 6.07) is 5.30. The molecule has 0 unspecified atom stereocenters. The molecular formula is C10H9ClF3NO3S. The summed E-state index contributed by atoms with van der Waals surface area (Å²) < 4.78 is 57.5. The van der Waals surface area contributed by atoms with E-state index in [0.717, 1.165) is 0 Å². The maximum atomic E-state index is 11.9. The van der Waals surface area contributed by atoms with Crippen LogP contribution in [0.5, 0.6) is 0 Å². The van der Waals surface area contributed by atoms with Crippen LogP contribution >= 0.6 is 10.7 Å². The van der Waals surface area contributed by atoms with Gasteiger partial charge in [-0.2, -0.15) is 13.2 Å². The van der Waals surface area contributed by atoms with Crippen LogP contribution in [0.3, 0.4) is 0 Å². The molecule has 1 aromatic rings. The number of halogens is 4. The van der Waals surface area contributed by atoms with Crippen LogP contribution in [0.15, 0.2) is 29.2 Å². The third-order valence-corrected chi connectivity index (χ3v) is 3.53. The topological polar surface area (TPSA) is 63.2 Å². The Morgan fingerprint density at radius 3 is 2.16 bits per heavy atom. The summed E-state index contributed by atoms with van der Waals surface area (Å²) in [5, 5.41) is 1.71. The van der Waals surface area contributed by atoms with Gasteiger partial charge in [-0.1, -0.05) is 12.1 Å². The maximum Gasteiger partial charge on any atom is 0.471 e. The fourth-order valence-corrected chi connectivity index (χ4v) is 2.01. The van der Waals surface area contributed by atoms with Crippen LogP contribution in [0.25, 0.3) is 0 Å². The van der Waals surface area contributed by atoms with Crippen LogP contribution in [0.2, 0.25) is 0 Å². The normalized spacial score (nSPS) is 12.2. The Hall–Kier alpha value is -1.28. The van der Waals surface area contributed by atoms with E-state index in [2.05, 4.69) is 0 Å². The summed E-state index contributed by atoms with van der Waals surface area (Å²) in [6.07, 6.45) is -4.76. The number of rotatable bonds is 4. The van der Waals surface area contributed by atoms with Gasteiger partial charge in [0.2, 0.25) is 0 Å². The van der Waals surface area contributed by atoms with Gasteiger partial charge >= 0.3 is 12.1 Å². The number of carbonyl (C=O) groups excluding carboxylic acids is 1. The highest BCUT2D eigenvalue weighted by atomic mass is 35.7. The van der Waals surface area contributed by atoms with Gasteiger partial charge in [0.05, 0.1) is 4.90 Å². The van der Waals surface area contributed by atoms with E-state index in [0.29, 0.717) is 5.56 Å². The van der Waals surface area contributed by atoms with Crippen LogP contribution in [-0.2, 0) is 20.3 Å². The summed E-state index contributed by atoms with van der Waals surface area (Å²) in [5.74, 6) is -2.01. The van der Waals surface area contributed by atoms with Crippen molar-refractivity contribution in [2.75, 3.05) is 6.54 Å². The first kappa shape index (κ1) is 15.8. The Kier molecular flexibility index (Phi) is 4.81. The Morgan fingerprint density at radius 2 is 1.74 bits per heavy atom. The van der Waals surface area contributed by atoms with E-state index in [1.54, 1.807) is 5.32 Å². The molecule has 0 aliphatic carbocycles. The minimum Gasteiger partial charge on any atom is -0.348 e. The second-order valence-electron chi connectivity index (χ2n) is 3.59. The van der Waals surface area contributed by atoms with Gasteiger partial charge in [0, 0.05) is 17.2 Å². The molecule has 106 valence electrons. The Balaban J connectivity index is 2.54. The second kappa shape index (κ2) is 5.79. The summed E-state index contributed by atoms with van der Waals surface area (Å²) in [4.78, 5) is 10.4. The molecule has 4 nitrogen and oxygen atoms in total. The van der Waals surface area contributed by atoms with E-state index in [4.69, 9.17) is 10.7 Å². The van der Waals surface area contributed by atoms with Crippen LogP contribution in [0.1, 0.15) is 5.56 Å². The maximum absolute atomic E-state index is 11.9. The molecule has 1 N–H and O–H groups in total. The molecule has 1 amide bonds. The van der Waals surface area contributed by atoms with Gasteiger partial charge in [0.25, 0.3) is 9.05 Å². The van der Waals surface area contributed by atoms with Crippen molar-refractivity contribution in [2.45, 2.75) is 17.5 Å². The molecule has 0 aliphatic heterocycles. The van der Waals surface area contributed by atoms with E-state index in [9.17, 15) is 26.4 Å². The number of benzene rings is 1. The molecule has 9 heteroatoms. The fraction of sp³-hybridized carbons (Fsp3) is 0.300. The lowest BCUT2D eigenvalue weighted by molar-refractivity contribution is -0.173. The highest BCUT2D eigenvalue weighted by Crippen LogP contribution is 2.16. The number of alkyl halides is 3. The first-order chi connectivity index (χ1) is 8.60. The summed E-state index contributed by atoms with van der Waals surface area (Å²) >= 11 is 0. The van der Waals surface area contributed by atoms with Gasteiger partial charge in [-0.15, -0.1) is 0 Å². The van der Waals surface area contributed by atoms with Crippen molar-refractivity contribution in [1.29, 1.82) is 0 Å². The third kappa shape index (κ3) is 5.07. The largest absolute Gasteiger partial charge is 0.471 e. The van der Waals surface area contributed by atoms with E-state index in [1.165, 1.54) is 24.3 Å². The second-order valence-corrected chi connectivity index (χ2v) is 6.15. The standard InChI is InChI=1S/C10H9ClF3NO3S/c11-19(17,18)8-3-1-7(2-4-8)5-6-15-9(16)10(12,13)14/h1-4H,5-6H2,(H,15,16). The lowest BCUT2D eigenvalue weighted by atomic mass is 10.1. The van der Waals surface area contributed by atoms with Gasteiger partial charge < -0.3 is 5.32 Å². The molecule has 1 aromatic carbocycles. The molecule has 0 spiro atoms. The quantitative estimate of drug-likeness (QED) is 0.862. The van der Waals surface area contributed by atoms with E-state index in [1.807, 2.05) is 0 Å². The average molecular weight is 316 g/mol. The number of hydrogen-bond acceptors (Lipinski definition) is 3. The zero-order chi connectivity index (χ0) is 14.7. The third-order valence-electron chi connectivity index (χ3n) is 2.16. The minimum atomic E-state index is -4.91. The zero-order valence-corrected chi connectivity index (χ0v) is 10.9. The Morgan fingerprint density at radius 1 is 1.21 bits per heavy atom. The first-order valence-corrected chi connectivity index (χ1v) is 7.30. The predicted octanol–water partition coefficient (Wildman–Crippen LogP) is 1.84. The van der Waals surface area contributed by atoms with Crippen molar-refractivity contribution >= 4 is 25.6 Å². The van der Waals surface area contributed by atoms with Crippen LogP contribution < -0.4 is 5.32 Å². The molecule has 0 fully saturated rings. The van der Waals surface area contributed by atoms with Gasteiger partial charge in [-0.05, 0) is 24.1 Å². The summed E-state index contributed by atoms with van der Waals surface area (Å²) in [6.45, 7) is -0.203. The molecule has 0 saturated carbocycles. The Bertz CT molecular complexity index is 554. The molecule has 0 saturated heterocycles. The SMILES string of the molecule is O=C(NCCc1ccc(S(=O)(=O)Cl)cc1)C(F)(F)F. The van der Waals surface area contributed by atoms with Crippen molar-refractivity contribution in [1.82, 2.24) is 5.32 Å². The average Bonchev–Trinajstić information content (AvgIpc) is 2.27. The van der Waals surface area contributed by atoms with Gasteiger partial charge in [-0.3, -0.25) is 4.79 Å². The van der Waals surface area contributed by atoms with Gasteiger partial charge in [-0.25, -0.2) is 8.42 Å². The van der Waals surface area contributed by atoms with Crippen molar-refractivity contribution in [3.05, 3.63) is 29.8 Å². The number of amides is 1. The number of carbonyl (C=O) groups is 1. The van der Waals surface area contributed by atoms with Crippen molar-refractivity contribution < 1.29 is 26.4 Å². The van der Waals surface area contributed by atoms with E-state index in [-0.39, 0.29) is 17.9 Å². The van der Waals surface area contributed by atoms with Crippen molar-refractivity contribution in [3.63, 3.8) is 0 Å². The lowest BCUT2D eigenvalue weighted by Crippen LogP contribution is -2.37. The zero-order valence-electron chi connectivity index (χ0n) is 9.37. The highest BCUT2D eigenvalue weighted by molar-refractivity contribution is 8.13. The van der Waals surface area contributed by atoms with E-state index >= 15 is 0 Å². The van der Waals surface area contributed by atoms with Gasteiger partial charge in [0.1, 0.15) is 0 Å². The van der Waals surface area contributed by atoms with Crippen LogP contribution in [0, 0.1) is 0 Å². The first-order valence-electron chi connectivity index (χ1n) is 4.99. The monoisotopic (exact) mass is 315 g/mol. The Labute approximate surface area is 112 Å². The molecule has 0 aromatic heterocycles. The van der Waals surface area contributed by atoms with Crippen LogP contribution in [0.4, 0.5) is 13.2 Å². The minimum absolute atomic E-state index is 0.0998. The summed E-state index contributed by atoms with van der Waals surface area (Å²) in [7, 11) is 1.28. The number of nitrogens with one attached hydrogen (secondary N) is 1. The van der Waals surface area contributed by atoms with Crippen LogP contribution in [-0.4, -0.2) is 27.0 Å².